The quantitative estimate of drug-likeness (QED) is 0.646. The molecule has 1 aromatic heterocycles. The van der Waals surface area contributed by atoms with Crippen LogP contribution in [0, 0.1) is 0 Å². The molecule has 0 amide bonds. The predicted molar refractivity (Wildman–Crippen MR) is 91.7 cm³/mol. The molecular formula is C18H12ClF3N2O2. The number of benzene rings is 2. The number of nitrogens with one attached hydrogen (secondary N) is 1. The Morgan fingerprint density at radius 1 is 1.04 bits per heavy atom. The lowest BCUT2D eigenvalue weighted by Gasteiger charge is -2.14. The zero-order valence-electron chi connectivity index (χ0n) is 13.2. The summed E-state index contributed by atoms with van der Waals surface area (Å²) in [6.45, 7) is 0.865. The Hall–Kier alpha value is -2.51. The molecule has 1 N–H and O–H groups in total. The van der Waals surface area contributed by atoms with E-state index in [2.05, 4.69) is 15.0 Å². The SMILES string of the molecule is FC(F)(F)Oc1ccc(Nc2nc3c(Cl)cccc3c3c2COC3)cc1. The van der Waals surface area contributed by atoms with Gasteiger partial charge in [0, 0.05) is 16.6 Å². The van der Waals surface area contributed by atoms with Crippen molar-refractivity contribution in [1.29, 1.82) is 0 Å². The molecule has 1 aliphatic heterocycles. The summed E-state index contributed by atoms with van der Waals surface area (Å²) in [4.78, 5) is 4.59. The predicted octanol–water partition coefficient (Wildman–Crippen LogP) is 5.56. The Balaban J connectivity index is 1.68. The van der Waals surface area contributed by atoms with E-state index in [9.17, 15) is 13.2 Å². The third-order valence-electron chi connectivity index (χ3n) is 4.03. The lowest BCUT2D eigenvalue weighted by atomic mass is 10.0. The van der Waals surface area contributed by atoms with Gasteiger partial charge in [-0.15, -0.1) is 13.2 Å². The number of aromatic nitrogens is 1. The first-order valence-electron chi connectivity index (χ1n) is 7.71. The number of nitrogens with zero attached hydrogens (tertiary/aromatic N) is 1. The molecule has 134 valence electrons. The molecule has 8 heteroatoms. The minimum atomic E-state index is -4.72. The number of hydrogen-bond donors (Lipinski definition) is 1. The standard InChI is InChI=1S/C18H12ClF3N2O2/c19-15-3-1-2-12-13-8-25-9-14(13)17(24-16(12)15)23-10-4-6-11(7-5-10)26-18(20,21)22/h1-7H,8-9H2,(H,23,24). The van der Waals surface area contributed by atoms with E-state index in [0.717, 1.165) is 16.5 Å². The Kier molecular flexibility index (Phi) is 4.13. The zero-order chi connectivity index (χ0) is 18.3. The summed E-state index contributed by atoms with van der Waals surface area (Å²) in [5.74, 6) is 0.286. The van der Waals surface area contributed by atoms with Crippen molar-refractivity contribution in [2.24, 2.45) is 0 Å². The van der Waals surface area contributed by atoms with E-state index in [1.165, 1.54) is 24.3 Å². The highest BCUT2D eigenvalue weighted by Gasteiger charge is 2.31. The van der Waals surface area contributed by atoms with Gasteiger partial charge in [-0.1, -0.05) is 23.7 Å². The first-order valence-corrected chi connectivity index (χ1v) is 8.09. The summed E-state index contributed by atoms with van der Waals surface area (Å²) in [6.07, 6.45) is -4.72. The van der Waals surface area contributed by atoms with Crippen LogP contribution in [0.15, 0.2) is 42.5 Å². The molecule has 0 saturated heterocycles. The summed E-state index contributed by atoms with van der Waals surface area (Å²) >= 11 is 6.26. The number of fused-ring (bicyclic) bond motifs is 3. The van der Waals surface area contributed by atoms with Crippen LogP contribution in [0.5, 0.6) is 5.75 Å². The summed E-state index contributed by atoms with van der Waals surface area (Å²) < 4.78 is 46.2. The molecule has 4 nitrogen and oxygen atoms in total. The molecule has 0 saturated carbocycles. The van der Waals surface area contributed by atoms with E-state index < -0.39 is 6.36 Å². The van der Waals surface area contributed by atoms with Gasteiger partial charge in [0.05, 0.1) is 23.8 Å². The maximum atomic E-state index is 12.3. The van der Waals surface area contributed by atoms with E-state index in [4.69, 9.17) is 16.3 Å². The van der Waals surface area contributed by atoms with Crippen molar-refractivity contribution in [2.45, 2.75) is 19.6 Å². The van der Waals surface area contributed by atoms with Crippen LogP contribution in [0.1, 0.15) is 11.1 Å². The molecule has 0 spiro atoms. The number of pyridine rings is 1. The van der Waals surface area contributed by atoms with Gasteiger partial charge in [-0.05, 0) is 35.9 Å². The third kappa shape index (κ3) is 3.27. The molecule has 0 atom stereocenters. The van der Waals surface area contributed by atoms with Gasteiger partial charge in [0.1, 0.15) is 11.6 Å². The monoisotopic (exact) mass is 380 g/mol. The van der Waals surface area contributed by atoms with Gasteiger partial charge in [0.15, 0.2) is 0 Å². The van der Waals surface area contributed by atoms with Gasteiger partial charge in [-0.25, -0.2) is 4.98 Å². The minimum absolute atomic E-state index is 0.286. The van der Waals surface area contributed by atoms with Crippen molar-refractivity contribution >= 4 is 34.0 Å². The maximum Gasteiger partial charge on any atom is 0.573 e. The Bertz CT molecular complexity index is 975. The van der Waals surface area contributed by atoms with Crippen LogP contribution >= 0.6 is 11.6 Å². The van der Waals surface area contributed by atoms with Crippen molar-refractivity contribution < 1.29 is 22.6 Å². The smallest absolute Gasteiger partial charge is 0.406 e. The van der Waals surface area contributed by atoms with Gasteiger partial charge in [0.25, 0.3) is 0 Å². The number of halogens is 4. The third-order valence-corrected chi connectivity index (χ3v) is 4.33. The van der Waals surface area contributed by atoms with Crippen LogP contribution in [0.4, 0.5) is 24.7 Å². The molecule has 2 aromatic carbocycles. The molecule has 0 aliphatic carbocycles. The normalized spacial score (nSPS) is 13.7. The molecule has 0 bridgehead atoms. The molecule has 0 fully saturated rings. The summed E-state index contributed by atoms with van der Waals surface area (Å²) in [5.41, 5.74) is 3.15. The van der Waals surface area contributed by atoms with Gasteiger partial charge in [0.2, 0.25) is 0 Å². The van der Waals surface area contributed by atoms with Crippen molar-refractivity contribution in [3.63, 3.8) is 0 Å². The average Bonchev–Trinajstić information content (AvgIpc) is 3.07. The van der Waals surface area contributed by atoms with Gasteiger partial charge < -0.3 is 14.8 Å². The lowest BCUT2D eigenvalue weighted by Crippen LogP contribution is -2.17. The van der Waals surface area contributed by atoms with E-state index in [1.807, 2.05) is 12.1 Å². The van der Waals surface area contributed by atoms with E-state index in [0.29, 0.717) is 35.3 Å². The van der Waals surface area contributed by atoms with E-state index in [-0.39, 0.29) is 5.75 Å². The fraction of sp³-hybridized carbons (Fsp3) is 0.167. The van der Waals surface area contributed by atoms with Gasteiger partial charge >= 0.3 is 6.36 Å². The van der Waals surface area contributed by atoms with Crippen LogP contribution in [0.2, 0.25) is 5.02 Å². The number of ether oxygens (including phenoxy) is 2. The molecular weight excluding hydrogens is 369 g/mol. The topological polar surface area (TPSA) is 43.4 Å². The van der Waals surface area contributed by atoms with E-state index >= 15 is 0 Å². The van der Waals surface area contributed by atoms with Crippen molar-refractivity contribution in [3.05, 3.63) is 58.6 Å². The number of anilines is 2. The van der Waals surface area contributed by atoms with Crippen LogP contribution in [0.3, 0.4) is 0 Å². The summed E-state index contributed by atoms with van der Waals surface area (Å²) in [7, 11) is 0. The van der Waals surface area contributed by atoms with Crippen LogP contribution in [0.25, 0.3) is 10.9 Å². The van der Waals surface area contributed by atoms with E-state index in [1.54, 1.807) is 6.07 Å². The highest BCUT2D eigenvalue weighted by molar-refractivity contribution is 6.35. The molecule has 2 heterocycles. The first kappa shape index (κ1) is 16.9. The van der Waals surface area contributed by atoms with Crippen molar-refractivity contribution in [3.8, 4) is 5.75 Å². The summed E-state index contributed by atoms with van der Waals surface area (Å²) in [5, 5.41) is 4.58. The molecule has 3 aromatic rings. The highest BCUT2D eigenvalue weighted by atomic mass is 35.5. The second-order valence-corrected chi connectivity index (χ2v) is 6.15. The Morgan fingerprint density at radius 3 is 2.50 bits per heavy atom. The fourth-order valence-electron chi connectivity index (χ4n) is 2.91. The minimum Gasteiger partial charge on any atom is -0.406 e. The average molecular weight is 381 g/mol. The van der Waals surface area contributed by atoms with Crippen LogP contribution in [-0.4, -0.2) is 11.3 Å². The number of alkyl halides is 3. The second-order valence-electron chi connectivity index (χ2n) is 5.74. The molecule has 1 aliphatic rings. The Labute approximate surface area is 151 Å². The Morgan fingerprint density at radius 2 is 1.77 bits per heavy atom. The lowest BCUT2D eigenvalue weighted by molar-refractivity contribution is -0.274. The maximum absolute atomic E-state index is 12.3. The second kappa shape index (κ2) is 6.34. The fourth-order valence-corrected chi connectivity index (χ4v) is 3.13. The number of para-hydroxylation sites is 1. The van der Waals surface area contributed by atoms with Gasteiger partial charge in [-0.2, -0.15) is 0 Å². The summed E-state index contributed by atoms with van der Waals surface area (Å²) in [6, 6.07) is 11.0. The largest absolute Gasteiger partial charge is 0.573 e. The molecule has 0 unspecified atom stereocenters. The zero-order valence-corrected chi connectivity index (χ0v) is 14.0. The van der Waals surface area contributed by atoms with Crippen LogP contribution < -0.4 is 10.1 Å². The van der Waals surface area contributed by atoms with Crippen molar-refractivity contribution in [2.75, 3.05) is 5.32 Å². The number of hydrogen-bond acceptors (Lipinski definition) is 4. The van der Waals surface area contributed by atoms with Crippen molar-refractivity contribution in [1.82, 2.24) is 4.98 Å². The number of rotatable bonds is 3. The van der Waals surface area contributed by atoms with Gasteiger partial charge in [-0.3, -0.25) is 0 Å². The molecule has 4 rings (SSSR count). The first-order chi connectivity index (χ1) is 12.4. The highest BCUT2D eigenvalue weighted by Crippen LogP contribution is 2.36. The molecule has 0 radical (unpaired) electrons. The molecule has 26 heavy (non-hydrogen) atoms. The van der Waals surface area contributed by atoms with Crippen LogP contribution in [-0.2, 0) is 18.0 Å².